The lowest BCUT2D eigenvalue weighted by Crippen LogP contribution is -2.10. The summed E-state index contributed by atoms with van der Waals surface area (Å²) in [5.74, 6) is -0.648. The first-order valence-electron chi connectivity index (χ1n) is 7.45. The van der Waals surface area contributed by atoms with E-state index in [4.69, 9.17) is 0 Å². The number of halogens is 3. The molecule has 130 valence electrons. The van der Waals surface area contributed by atoms with Crippen molar-refractivity contribution >= 4 is 23.0 Å². The van der Waals surface area contributed by atoms with Crippen LogP contribution < -0.4 is 5.32 Å². The Hall–Kier alpha value is -2.89. The van der Waals surface area contributed by atoms with Crippen LogP contribution in [0.15, 0.2) is 54.6 Å². The maximum absolute atomic E-state index is 12.6. The van der Waals surface area contributed by atoms with Crippen molar-refractivity contribution in [3.05, 3.63) is 71.3 Å². The Bertz CT molecular complexity index is 821. The van der Waals surface area contributed by atoms with Gasteiger partial charge in [0.1, 0.15) is 0 Å². The van der Waals surface area contributed by atoms with Crippen LogP contribution in [0.25, 0.3) is 5.57 Å². The third kappa shape index (κ3) is 4.79. The lowest BCUT2D eigenvalue weighted by atomic mass is 10.0. The largest absolute Gasteiger partial charge is 0.416 e. The van der Waals surface area contributed by atoms with Crippen LogP contribution in [0.1, 0.15) is 35.3 Å². The van der Waals surface area contributed by atoms with Crippen molar-refractivity contribution in [1.29, 1.82) is 0 Å². The van der Waals surface area contributed by atoms with E-state index in [0.29, 0.717) is 22.4 Å². The Balaban J connectivity index is 2.28. The number of amides is 1. The van der Waals surface area contributed by atoms with Crippen LogP contribution in [0.3, 0.4) is 0 Å². The van der Waals surface area contributed by atoms with Crippen molar-refractivity contribution in [2.45, 2.75) is 20.0 Å². The average Bonchev–Trinajstić information content (AvgIpc) is 2.54. The minimum Gasteiger partial charge on any atom is -0.326 e. The Morgan fingerprint density at radius 3 is 2.12 bits per heavy atom. The van der Waals surface area contributed by atoms with Gasteiger partial charge in [-0.25, -0.2) is 0 Å². The molecule has 0 aliphatic rings. The quantitative estimate of drug-likeness (QED) is 0.628. The number of para-hydroxylation sites is 1. The van der Waals surface area contributed by atoms with Crippen molar-refractivity contribution in [3.8, 4) is 0 Å². The topological polar surface area (TPSA) is 46.2 Å². The summed E-state index contributed by atoms with van der Waals surface area (Å²) in [6.07, 6.45) is -3.06. The summed E-state index contributed by atoms with van der Waals surface area (Å²) in [5.41, 5.74) is 0.988. The van der Waals surface area contributed by atoms with Crippen LogP contribution in [-0.4, -0.2) is 11.7 Å². The summed E-state index contributed by atoms with van der Waals surface area (Å²) >= 11 is 0. The first-order valence-corrected chi connectivity index (χ1v) is 7.45. The van der Waals surface area contributed by atoms with Gasteiger partial charge in [0.25, 0.3) is 0 Å². The highest BCUT2D eigenvalue weighted by molar-refractivity contribution is 6.13. The van der Waals surface area contributed by atoms with Crippen LogP contribution in [0.4, 0.5) is 18.9 Å². The molecule has 0 aliphatic carbocycles. The molecule has 0 aliphatic heterocycles. The number of anilines is 1. The summed E-state index contributed by atoms with van der Waals surface area (Å²) in [6, 6.07) is 11.1. The van der Waals surface area contributed by atoms with Gasteiger partial charge in [-0.05, 0) is 48.4 Å². The van der Waals surface area contributed by atoms with Crippen LogP contribution in [0, 0.1) is 0 Å². The first-order chi connectivity index (χ1) is 11.7. The fraction of sp³-hybridized carbons (Fsp3) is 0.158. The van der Waals surface area contributed by atoms with Crippen LogP contribution >= 0.6 is 0 Å². The van der Waals surface area contributed by atoms with Gasteiger partial charge in [0.2, 0.25) is 5.91 Å². The van der Waals surface area contributed by atoms with Gasteiger partial charge < -0.3 is 5.32 Å². The highest BCUT2D eigenvalue weighted by atomic mass is 19.4. The molecule has 25 heavy (non-hydrogen) atoms. The molecule has 1 amide bonds. The summed E-state index contributed by atoms with van der Waals surface area (Å²) in [7, 11) is 0. The highest BCUT2D eigenvalue weighted by Gasteiger charge is 2.29. The minimum absolute atomic E-state index is 0.302. The Labute approximate surface area is 143 Å². The summed E-state index contributed by atoms with van der Waals surface area (Å²) < 4.78 is 37.8. The molecule has 0 atom stereocenters. The number of ketones is 1. The zero-order chi connectivity index (χ0) is 18.6. The van der Waals surface area contributed by atoms with Crippen LogP contribution in [0.2, 0.25) is 0 Å². The maximum atomic E-state index is 12.6. The van der Waals surface area contributed by atoms with Gasteiger partial charge in [-0.2, -0.15) is 13.2 Å². The van der Waals surface area contributed by atoms with Crippen molar-refractivity contribution < 1.29 is 22.8 Å². The molecule has 0 saturated carbocycles. The summed E-state index contributed by atoms with van der Waals surface area (Å²) in [4.78, 5) is 23.7. The molecule has 0 spiro atoms. The lowest BCUT2D eigenvalue weighted by Gasteiger charge is -2.09. The number of rotatable bonds is 4. The number of carbonyl (C=O) groups is 2. The monoisotopic (exact) mass is 347 g/mol. The van der Waals surface area contributed by atoms with E-state index in [1.807, 2.05) is 0 Å². The van der Waals surface area contributed by atoms with Gasteiger partial charge >= 0.3 is 6.18 Å². The molecular weight excluding hydrogens is 331 g/mol. The van der Waals surface area contributed by atoms with Gasteiger partial charge in [0.05, 0.1) is 11.3 Å². The fourth-order valence-corrected chi connectivity index (χ4v) is 2.28. The second-order valence-corrected chi connectivity index (χ2v) is 5.49. The normalized spacial score (nSPS) is 12.0. The molecule has 0 saturated heterocycles. The third-order valence-corrected chi connectivity index (χ3v) is 3.52. The van der Waals surface area contributed by atoms with Crippen LogP contribution in [-0.2, 0) is 11.0 Å². The number of benzene rings is 2. The third-order valence-electron chi connectivity index (χ3n) is 3.52. The molecule has 1 N–H and O–H groups in total. The lowest BCUT2D eigenvalue weighted by molar-refractivity contribution is -0.137. The molecule has 2 rings (SSSR count). The second kappa shape index (κ2) is 7.34. The van der Waals surface area contributed by atoms with Crippen molar-refractivity contribution in [2.24, 2.45) is 0 Å². The van der Waals surface area contributed by atoms with Crippen molar-refractivity contribution in [2.75, 3.05) is 5.32 Å². The molecule has 0 heterocycles. The SMILES string of the molecule is CC(=O)Nc1ccccc1C(=O)/C=C(\C)c1ccc(C(F)(F)F)cc1. The Kier molecular flexibility index (Phi) is 5.41. The van der Waals surface area contributed by atoms with Gasteiger partial charge in [-0.3, -0.25) is 9.59 Å². The molecule has 0 fully saturated rings. The van der Waals surface area contributed by atoms with E-state index in [2.05, 4.69) is 5.32 Å². The maximum Gasteiger partial charge on any atom is 0.416 e. The van der Waals surface area contributed by atoms with Gasteiger partial charge in [0, 0.05) is 12.5 Å². The fourth-order valence-electron chi connectivity index (χ4n) is 2.28. The van der Waals surface area contributed by atoms with E-state index in [-0.39, 0.29) is 11.7 Å². The number of nitrogens with one attached hydrogen (secondary N) is 1. The van der Waals surface area contributed by atoms with Gasteiger partial charge in [-0.15, -0.1) is 0 Å². The molecule has 0 unspecified atom stereocenters. The standard InChI is InChI=1S/C19H16F3NO2/c1-12(14-7-9-15(10-8-14)19(20,21)22)11-18(25)16-5-3-4-6-17(16)23-13(2)24/h3-11H,1-2H3,(H,23,24)/b12-11+. The number of carbonyl (C=O) groups excluding carboxylic acids is 2. The van der Waals surface area contributed by atoms with E-state index < -0.39 is 11.7 Å². The zero-order valence-corrected chi connectivity index (χ0v) is 13.6. The number of hydrogen-bond donors (Lipinski definition) is 1. The molecule has 2 aromatic rings. The van der Waals surface area contributed by atoms with E-state index in [1.54, 1.807) is 31.2 Å². The molecule has 0 radical (unpaired) electrons. The number of allylic oxidation sites excluding steroid dienone is 2. The average molecular weight is 347 g/mol. The molecular formula is C19H16F3NO2. The predicted molar refractivity (Wildman–Crippen MR) is 90.2 cm³/mol. The molecule has 0 bridgehead atoms. The van der Waals surface area contributed by atoms with Crippen LogP contribution in [0.5, 0.6) is 0 Å². The minimum atomic E-state index is -4.40. The first kappa shape index (κ1) is 18.4. The molecule has 0 aromatic heterocycles. The number of hydrogen-bond acceptors (Lipinski definition) is 2. The summed E-state index contributed by atoms with van der Waals surface area (Å²) in [5, 5.41) is 2.58. The van der Waals surface area contributed by atoms with Gasteiger partial charge in [0.15, 0.2) is 5.78 Å². The number of alkyl halides is 3. The zero-order valence-electron chi connectivity index (χ0n) is 13.6. The summed E-state index contributed by atoms with van der Waals surface area (Å²) in [6.45, 7) is 2.98. The van der Waals surface area contributed by atoms with Crippen molar-refractivity contribution in [1.82, 2.24) is 0 Å². The molecule has 3 nitrogen and oxygen atoms in total. The predicted octanol–water partition coefficient (Wildman–Crippen LogP) is 4.95. The molecule has 6 heteroatoms. The van der Waals surface area contributed by atoms with E-state index in [0.717, 1.165) is 12.1 Å². The Morgan fingerprint density at radius 1 is 0.960 bits per heavy atom. The van der Waals surface area contributed by atoms with E-state index >= 15 is 0 Å². The second-order valence-electron chi connectivity index (χ2n) is 5.49. The smallest absolute Gasteiger partial charge is 0.326 e. The van der Waals surface area contributed by atoms with E-state index in [1.165, 1.54) is 25.1 Å². The molecule has 2 aromatic carbocycles. The highest BCUT2D eigenvalue weighted by Crippen LogP contribution is 2.30. The Morgan fingerprint density at radius 2 is 1.56 bits per heavy atom. The van der Waals surface area contributed by atoms with E-state index in [9.17, 15) is 22.8 Å². The van der Waals surface area contributed by atoms with Crippen molar-refractivity contribution in [3.63, 3.8) is 0 Å². The van der Waals surface area contributed by atoms with Gasteiger partial charge in [-0.1, -0.05) is 24.3 Å².